The third-order valence-electron chi connectivity index (χ3n) is 7.94. The van der Waals surface area contributed by atoms with Gasteiger partial charge in [-0.05, 0) is 80.9 Å². The summed E-state index contributed by atoms with van der Waals surface area (Å²) in [6.45, 7) is 5.09. The van der Waals surface area contributed by atoms with E-state index in [1.165, 1.54) is 19.3 Å². The first-order chi connectivity index (χ1) is 14.0. The Hall–Kier alpha value is -1.88. The Kier molecular flexibility index (Phi) is 4.89. The average molecular weight is 396 g/mol. The van der Waals surface area contributed by atoms with Crippen LogP contribution in [0.25, 0.3) is 0 Å². The molecule has 1 saturated heterocycles. The molecule has 0 unspecified atom stereocenters. The van der Waals surface area contributed by atoms with Crippen molar-refractivity contribution in [1.29, 1.82) is 0 Å². The Morgan fingerprint density at radius 2 is 1.69 bits per heavy atom. The number of hydrogen-bond donors (Lipinski definition) is 2. The molecule has 1 aromatic carbocycles. The number of amides is 2. The van der Waals surface area contributed by atoms with Gasteiger partial charge >= 0.3 is 0 Å². The lowest BCUT2D eigenvalue weighted by Crippen LogP contribution is -2.53. The van der Waals surface area contributed by atoms with Crippen LogP contribution in [0.4, 0.5) is 0 Å². The molecule has 0 spiro atoms. The second kappa shape index (κ2) is 7.42. The minimum atomic E-state index is -0.0942. The van der Waals surface area contributed by atoms with E-state index in [0.29, 0.717) is 6.54 Å². The molecule has 1 aromatic rings. The first-order valence-corrected chi connectivity index (χ1v) is 11.4. The van der Waals surface area contributed by atoms with Gasteiger partial charge in [0.05, 0.1) is 0 Å². The summed E-state index contributed by atoms with van der Waals surface area (Å²) in [5.74, 6) is 2.72. The molecule has 0 aromatic heterocycles. The number of benzene rings is 1. The third-order valence-corrected chi connectivity index (χ3v) is 7.94. The summed E-state index contributed by atoms with van der Waals surface area (Å²) in [5.41, 5.74) is 1.70. The predicted molar refractivity (Wildman–Crippen MR) is 112 cm³/mol. The lowest BCUT2D eigenvalue weighted by molar-refractivity contribution is -0.146. The van der Waals surface area contributed by atoms with E-state index in [9.17, 15) is 9.59 Å². The summed E-state index contributed by atoms with van der Waals surface area (Å²) in [5, 5.41) is 6.55. The van der Waals surface area contributed by atoms with Crippen molar-refractivity contribution < 1.29 is 9.59 Å². The maximum Gasteiger partial charge on any atom is 0.254 e. The Balaban J connectivity index is 1.20. The van der Waals surface area contributed by atoms with Crippen LogP contribution in [0, 0.1) is 23.2 Å². The molecule has 1 aliphatic heterocycles. The van der Waals surface area contributed by atoms with Gasteiger partial charge in [0.25, 0.3) is 5.91 Å². The second-order valence-corrected chi connectivity index (χ2v) is 10.1. The van der Waals surface area contributed by atoms with E-state index in [-0.39, 0.29) is 23.3 Å². The summed E-state index contributed by atoms with van der Waals surface area (Å²) >= 11 is 0. The standard InChI is InChI=1S/C24H33N3O2/c1-16-14-25-6-7-27(16)22(28)21-4-2-17(3-5-21)15-26-23(29)24-11-18-8-19(12-24)10-20(9-18)13-24/h2-5,16,18-20,25H,6-15H2,1H3,(H,26,29)/t16-,18?,19?,20?,24?/m1/s1. The van der Waals surface area contributed by atoms with Gasteiger partial charge in [0.1, 0.15) is 0 Å². The Morgan fingerprint density at radius 1 is 1.07 bits per heavy atom. The molecule has 5 aliphatic rings. The van der Waals surface area contributed by atoms with Gasteiger partial charge in [-0.15, -0.1) is 0 Å². The van der Waals surface area contributed by atoms with Gasteiger partial charge < -0.3 is 15.5 Å². The van der Waals surface area contributed by atoms with Crippen LogP contribution < -0.4 is 10.6 Å². The fourth-order valence-electron chi connectivity index (χ4n) is 6.83. The van der Waals surface area contributed by atoms with Crippen LogP contribution in [0.3, 0.4) is 0 Å². The van der Waals surface area contributed by atoms with Gasteiger partial charge in [-0.1, -0.05) is 12.1 Å². The normalized spacial score (nSPS) is 35.6. The summed E-state index contributed by atoms with van der Waals surface area (Å²) in [6, 6.07) is 8.00. The van der Waals surface area contributed by atoms with Crippen LogP contribution >= 0.6 is 0 Å². The van der Waals surface area contributed by atoms with Gasteiger partial charge in [-0.3, -0.25) is 9.59 Å². The zero-order valence-corrected chi connectivity index (χ0v) is 17.5. The van der Waals surface area contributed by atoms with Crippen molar-refractivity contribution in [2.75, 3.05) is 19.6 Å². The molecule has 156 valence electrons. The predicted octanol–water partition coefficient (Wildman–Crippen LogP) is 2.95. The highest BCUT2D eigenvalue weighted by molar-refractivity contribution is 5.94. The van der Waals surface area contributed by atoms with Crippen LogP contribution in [-0.4, -0.2) is 42.4 Å². The number of nitrogens with zero attached hydrogens (tertiary/aromatic N) is 1. The van der Waals surface area contributed by atoms with E-state index in [4.69, 9.17) is 0 Å². The Morgan fingerprint density at radius 3 is 2.28 bits per heavy atom. The molecular formula is C24H33N3O2. The molecule has 1 atom stereocenters. The van der Waals surface area contributed by atoms with Crippen molar-refractivity contribution in [2.24, 2.45) is 23.2 Å². The van der Waals surface area contributed by atoms with E-state index in [2.05, 4.69) is 17.6 Å². The summed E-state index contributed by atoms with van der Waals surface area (Å²) in [7, 11) is 0. The fraction of sp³-hybridized carbons (Fsp3) is 0.667. The number of rotatable bonds is 4. The lowest BCUT2D eigenvalue weighted by atomic mass is 9.49. The Bertz CT molecular complexity index is 753. The van der Waals surface area contributed by atoms with Crippen LogP contribution in [-0.2, 0) is 11.3 Å². The molecule has 4 saturated carbocycles. The van der Waals surface area contributed by atoms with Gasteiger partial charge in [0.2, 0.25) is 5.91 Å². The lowest BCUT2D eigenvalue weighted by Gasteiger charge is -2.55. The van der Waals surface area contributed by atoms with Crippen molar-refractivity contribution >= 4 is 11.8 Å². The average Bonchev–Trinajstić information content (AvgIpc) is 2.71. The van der Waals surface area contributed by atoms with Crippen LogP contribution in [0.2, 0.25) is 0 Å². The number of carbonyl (C=O) groups is 2. The van der Waals surface area contributed by atoms with Crippen molar-refractivity contribution in [3.8, 4) is 0 Å². The van der Waals surface area contributed by atoms with E-state index < -0.39 is 0 Å². The van der Waals surface area contributed by atoms with Crippen molar-refractivity contribution in [1.82, 2.24) is 15.5 Å². The maximum absolute atomic E-state index is 13.1. The highest BCUT2D eigenvalue weighted by Gasteiger charge is 2.54. The highest BCUT2D eigenvalue weighted by Crippen LogP contribution is 2.60. The first kappa shape index (κ1) is 19.1. The monoisotopic (exact) mass is 395 g/mol. The SMILES string of the molecule is C[C@@H]1CNCCN1C(=O)c1ccc(CNC(=O)C23CC4CC(CC(C4)C2)C3)cc1. The van der Waals surface area contributed by atoms with Crippen molar-refractivity contribution in [2.45, 2.75) is 58.0 Å². The van der Waals surface area contributed by atoms with E-state index in [1.807, 2.05) is 29.2 Å². The van der Waals surface area contributed by atoms with Gasteiger partial charge in [-0.2, -0.15) is 0 Å². The van der Waals surface area contributed by atoms with E-state index in [0.717, 1.165) is 67.8 Å². The molecular weight excluding hydrogens is 362 g/mol. The number of piperazine rings is 1. The highest BCUT2D eigenvalue weighted by atomic mass is 16.2. The largest absolute Gasteiger partial charge is 0.352 e. The molecule has 4 bridgehead atoms. The molecule has 1 heterocycles. The van der Waals surface area contributed by atoms with Crippen molar-refractivity contribution in [3.63, 3.8) is 0 Å². The van der Waals surface area contributed by atoms with Crippen molar-refractivity contribution in [3.05, 3.63) is 35.4 Å². The molecule has 2 N–H and O–H groups in total. The minimum Gasteiger partial charge on any atom is -0.352 e. The summed E-state index contributed by atoms with van der Waals surface area (Å²) < 4.78 is 0. The minimum absolute atomic E-state index is 0.0942. The molecule has 2 amide bonds. The van der Waals surface area contributed by atoms with Gasteiger partial charge in [-0.25, -0.2) is 0 Å². The summed E-state index contributed by atoms with van der Waals surface area (Å²) in [4.78, 5) is 27.8. The zero-order valence-electron chi connectivity index (χ0n) is 17.5. The number of nitrogens with one attached hydrogen (secondary N) is 2. The fourth-order valence-corrected chi connectivity index (χ4v) is 6.83. The Labute approximate surface area is 173 Å². The molecule has 6 rings (SSSR count). The van der Waals surface area contributed by atoms with E-state index >= 15 is 0 Å². The molecule has 4 aliphatic carbocycles. The van der Waals surface area contributed by atoms with E-state index in [1.54, 1.807) is 0 Å². The molecule has 29 heavy (non-hydrogen) atoms. The first-order valence-electron chi connectivity index (χ1n) is 11.4. The van der Waals surface area contributed by atoms with Gasteiger partial charge in [0.15, 0.2) is 0 Å². The maximum atomic E-state index is 13.1. The molecule has 0 radical (unpaired) electrons. The number of hydrogen-bond acceptors (Lipinski definition) is 3. The number of carbonyl (C=O) groups excluding carboxylic acids is 2. The zero-order chi connectivity index (χ0) is 20.0. The topological polar surface area (TPSA) is 61.4 Å². The molecule has 5 nitrogen and oxygen atoms in total. The summed E-state index contributed by atoms with van der Waals surface area (Å²) in [6.07, 6.45) is 7.36. The van der Waals surface area contributed by atoms with Gasteiger partial charge in [0, 0.05) is 43.2 Å². The molecule has 5 heteroatoms. The third kappa shape index (κ3) is 3.58. The van der Waals surface area contributed by atoms with Crippen LogP contribution in [0.1, 0.15) is 61.4 Å². The second-order valence-electron chi connectivity index (χ2n) is 10.1. The quantitative estimate of drug-likeness (QED) is 0.824. The smallest absolute Gasteiger partial charge is 0.254 e. The molecule has 5 fully saturated rings. The van der Waals surface area contributed by atoms with Crippen LogP contribution in [0.15, 0.2) is 24.3 Å². The van der Waals surface area contributed by atoms with Crippen LogP contribution in [0.5, 0.6) is 0 Å².